The van der Waals surface area contributed by atoms with Gasteiger partial charge in [0, 0.05) is 10.5 Å². The van der Waals surface area contributed by atoms with E-state index in [2.05, 4.69) is 15.9 Å². The molecule has 0 saturated heterocycles. The highest BCUT2D eigenvalue weighted by molar-refractivity contribution is 9.10. The number of carbonyl (C=O) groups excluding carboxylic acids is 1. The number of nitrogens with zero attached hydrogens (tertiary/aromatic N) is 1. The van der Waals surface area contributed by atoms with Crippen molar-refractivity contribution in [1.29, 1.82) is 0 Å². The summed E-state index contributed by atoms with van der Waals surface area (Å²) in [5.74, 6) is 0. The van der Waals surface area contributed by atoms with Crippen molar-refractivity contribution in [2.45, 2.75) is 0 Å². The molecule has 0 radical (unpaired) electrons. The average molecular weight is 299 g/mol. The highest BCUT2D eigenvalue weighted by Gasteiger charge is 2.23. The zero-order valence-corrected chi connectivity index (χ0v) is 9.56. The Morgan fingerprint density at radius 2 is 2.07 bits per heavy atom. The van der Waals surface area contributed by atoms with Crippen molar-refractivity contribution in [2.24, 2.45) is 0 Å². The van der Waals surface area contributed by atoms with E-state index < -0.39 is 15.9 Å². The van der Waals surface area contributed by atoms with Gasteiger partial charge in [0.2, 0.25) is 0 Å². The molecule has 1 aromatic rings. The topological polar surface area (TPSA) is 60.2 Å². The molecule has 0 bridgehead atoms. The summed E-state index contributed by atoms with van der Waals surface area (Å²) < 4.78 is 0.383. The van der Waals surface area contributed by atoms with Gasteiger partial charge in [0.05, 0.1) is 9.95 Å². The first-order valence-corrected chi connectivity index (χ1v) is 4.82. The van der Waals surface area contributed by atoms with Gasteiger partial charge in [-0.05, 0) is 33.6 Å². The third-order valence-electron chi connectivity index (χ3n) is 1.47. The van der Waals surface area contributed by atoms with Gasteiger partial charge in [-0.3, -0.25) is 14.9 Å². The highest BCUT2D eigenvalue weighted by Crippen LogP contribution is 2.33. The van der Waals surface area contributed by atoms with Gasteiger partial charge in [-0.2, -0.15) is 0 Å². The van der Waals surface area contributed by atoms with Gasteiger partial charge < -0.3 is 0 Å². The second-order valence-electron chi connectivity index (χ2n) is 2.29. The number of hydrogen-bond acceptors (Lipinski definition) is 3. The van der Waals surface area contributed by atoms with Crippen molar-refractivity contribution >= 4 is 50.1 Å². The smallest absolute Gasteiger partial charge is 0.275 e. The number of carbonyl (C=O) groups is 1. The monoisotopic (exact) mass is 297 g/mol. The second-order valence-corrected chi connectivity index (χ2v) is 3.86. The molecule has 0 heterocycles. The van der Waals surface area contributed by atoms with Crippen LogP contribution in [0, 0.1) is 10.1 Å². The first kappa shape index (κ1) is 11.4. The lowest BCUT2D eigenvalue weighted by molar-refractivity contribution is -0.385. The minimum Gasteiger partial charge on any atom is -0.275 e. The molecule has 14 heavy (non-hydrogen) atoms. The van der Waals surface area contributed by atoms with Crippen LogP contribution in [0.15, 0.2) is 16.6 Å². The van der Waals surface area contributed by atoms with Crippen LogP contribution in [-0.2, 0) is 0 Å². The predicted molar refractivity (Wildman–Crippen MR) is 56.0 cm³/mol. The van der Waals surface area contributed by atoms with E-state index in [0.29, 0.717) is 4.47 Å². The molecule has 0 aliphatic carbocycles. The van der Waals surface area contributed by atoms with E-state index in [9.17, 15) is 14.9 Å². The number of halogens is 3. The highest BCUT2D eigenvalue weighted by atomic mass is 79.9. The van der Waals surface area contributed by atoms with E-state index in [1.165, 1.54) is 6.07 Å². The third-order valence-corrected chi connectivity index (χ3v) is 2.94. The van der Waals surface area contributed by atoms with Crippen molar-refractivity contribution < 1.29 is 9.72 Å². The summed E-state index contributed by atoms with van der Waals surface area (Å²) in [5.41, 5.74) is -0.703. The summed E-state index contributed by atoms with van der Waals surface area (Å²) in [7, 11) is 0. The third kappa shape index (κ3) is 2.05. The minimum atomic E-state index is -0.956. The van der Waals surface area contributed by atoms with Gasteiger partial charge in [0.25, 0.3) is 10.9 Å². The summed E-state index contributed by atoms with van der Waals surface area (Å²) in [6.45, 7) is 0. The van der Waals surface area contributed by atoms with Crippen molar-refractivity contribution in [2.75, 3.05) is 0 Å². The summed E-state index contributed by atoms with van der Waals surface area (Å²) >= 11 is 13.9. The second kappa shape index (κ2) is 4.25. The van der Waals surface area contributed by atoms with Crippen LogP contribution in [0.1, 0.15) is 10.4 Å². The van der Waals surface area contributed by atoms with Crippen LogP contribution in [0.5, 0.6) is 0 Å². The van der Waals surface area contributed by atoms with Crippen molar-refractivity contribution in [3.8, 4) is 0 Å². The Kier molecular flexibility index (Phi) is 3.47. The van der Waals surface area contributed by atoms with Crippen LogP contribution in [-0.4, -0.2) is 10.2 Å². The molecule has 0 amide bonds. The van der Waals surface area contributed by atoms with Crippen molar-refractivity contribution in [3.05, 3.63) is 37.3 Å². The molecular formula is C7H2BrCl2NO3. The number of nitro groups is 1. The molecule has 4 nitrogen and oxygen atoms in total. The minimum absolute atomic E-state index is 0.0563. The Bertz CT molecular complexity index is 422. The average Bonchev–Trinajstić information content (AvgIpc) is 2.08. The van der Waals surface area contributed by atoms with Crippen LogP contribution >= 0.6 is 39.1 Å². The molecule has 0 aliphatic heterocycles. The molecule has 1 aromatic carbocycles. The fraction of sp³-hybridized carbons (Fsp3) is 0. The van der Waals surface area contributed by atoms with E-state index >= 15 is 0 Å². The maximum atomic E-state index is 10.9. The molecule has 0 atom stereocenters. The molecular weight excluding hydrogens is 297 g/mol. The summed E-state index contributed by atoms with van der Waals surface area (Å²) in [6.07, 6.45) is 0. The standard InChI is InChI=1S/C7H2BrCl2NO3/c8-3-1-2-4(11(13)14)5(6(3)9)7(10)12/h1-2H. The molecule has 74 valence electrons. The molecule has 0 saturated carbocycles. The quantitative estimate of drug-likeness (QED) is 0.478. The van der Waals surface area contributed by atoms with Gasteiger partial charge in [-0.1, -0.05) is 11.6 Å². The fourth-order valence-electron chi connectivity index (χ4n) is 0.880. The first-order chi connectivity index (χ1) is 6.45. The van der Waals surface area contributed by atoms with Gasteiger partial charge in [-0.15, -0.1) is 0 Å². The molecule has 0 fully saturated rings. The predicted octanol–water partition coefficient (Wildman–Crippen LogP) is 3.39. The fourth-order valence-corrected chi connectivity index (χ4v) is 1.70. The lowest BCUT2D eigenvalue weighted by atomic mass is 10.2. The molecule has 7 heteroatoms. The van der Waals surface area contributed by atoms with Crippen LogP contribution in [0.4, 0.5) is 5.69 Å². The number of rotatable bonds is 2. The Labute approximate surface area is 97.1 Å². The van der Waals surface area contributed by atoms with Gasteiger partial charge in [-0.25, -0.2) is 0 Å². The van der Waals surface area contributed by atoms with E-state index in [4.69, 9.17) is 23.2 Å². The molecule has 0 N–H and O–H groups in total. The van der Waals surface area contributed by atoms with E-state index in [1.807, 2.05) is 0 Å². The Balaban J connectivity index is 3.53. The zero-order chi connectivity index (χ0) is 10.9. The molecule has 0 aliphatic rings. The van der Waals surface area contributed by atoms with Crippen LogP contribution in [0.3, 0.4) is 0 Å². The van der Waals surface area contributed by atoms with Crippen LogP contribution < -0.4 is 0 Å². The van der Waals surface area contributed by atoms with Crippen LogP contribution in [0.25, 0.3) is 0 Å². The van der Waals surface area contributed by atoms with E-state index in [1.54, 1.807) is 0 Å². The molecule has 0 unspecified atom stereocenters. The number of nitro benzene ring substituents is 1. The normalized spacial score (nSPS) is 9.93. The van der Waals surface area contributed by atoms with Crippen molar-refractivity contribution in [1.82, 2.24) is 0 Å². The Morgan fingerprint density at radius 1 is 1.50 bits per heavy atom. The van der Waals surface area contributed by atoms with Gasteiger partial charge >= 0.3 is 0 Å². The first-order valence-electron chi connectivity index (χ1n) is 3.27. The Hall–Kier alpha value is -0.650. The zero-order valence-electron chi connectivity index (χ0n) is 6.46. The van der Waals surface area contributed by atoms with E-state index in [0.717, 1.165) is 6.07 Å². The Morgan fingerprint density at radius 3 is 2.50 bits per heavy atom. The number of hydrogen-bond donors (Lipinski definition) is 0. The lowest BCUT2D eigenvalue weighted by Gasteiger charge is -2.01. The largest absolute Gasteiger partial charge is 0.283 e. The van der Waals surface area contributed by atoms with Gasteiger partial charge in [0.15, 0.2) is 0 Å². The van der Waals surface area contributed by atoms with Crippen molar-refractivity contribution in [3.63, 3.8) is 0 Å². The molecule has 0 aromatic heterocycles. The lowest BCUT2D eigenvalue weighted by Crippen LogP contribution is -1.99. The summed E-state index contributed by atoms with van der Waals surface area (Å²) in [6, 6.07) is 2.54. The maximum Gasteiger partial charge on any atom is 0.283 e. The number of benzene rings is 1. The molecule has 1 rings (SSSR count). The maximum absolute atomic E-state index is 10.9. The summed E-state index contributed by atoms with van der Waals surface area (Å²) in [4.78, 5) is 20.7. The SMILES string of the molecule is O=C(Cl)c1c([N+](=O)[O-])ccc(Br)c1Cl. The van der Waals surface area contributed by atoms with Gasteiger partial charge in [0.1, 0.15) is 5.56 Å². The summed E-state index contributed by atoms with van der Waals surface area (Å²) in [5, 5.41) is 9.50. The van der Waals surface area contributed by atoms with Crippen LogP contribution in [0.2, 0.25) is 5.02 Å². The molecule has 0 spiro atoms. The van der Waals surface area contributed by atoms with E-state index in [-0.39, 0.29) is 10.6 Å².